The summed E-state index contributed by atoms with van der Waals surface area (Å²) in [6.07, 6.45) is 9.55. The minimum Gasteiger partial charge on any atom is -0.497 e. The summed E-state index contributed by atoms with van der Waals surface area (Å²) in [6.45, 7) is 0. The lowest BCUT2D eigenvalue weighted by Gasteiger charge is -2.37. The molecule has 1 atom stereocenters. The number of anilines is 1. The van der Waals surface area contributed by atoms with Crippen molar-refractivity contribution in [2.45, 2.75) is 82.3 Å². The van der Waals surface area contributed by atoms with Crippen molar-refractivity contribution in [2.24, 2.45) is 0 Å². The number of pyridine rings is 1. The van der Waals surface area contributed by atoms with Crippen molar-refractivity contribution in [1.29, 1.82) is 0 Å². The molecule has 0 aliphatic heterocycles. The molecule has 1 aromatic heterocycles. The standard InChI is InChI=1S/C28H36N4O4/c1-36-23-15-13-20(14-16-23)27(28(35)30-21-8-2-3-9-21)32(22-10-4-5-11-22)26(34)18-17-25(33)31-24-12-6-7-19-29-24/h6-7,12-16,19,21-22,27H,2-5,8-11,17-18H2,1H3,(H,30,35)(H,29,31,33). The summed E-state index contributed by atoms with van der Waals surface area (Å²) in [7, 11) is 1.60. The minimum atomic E-state index is -0.744. The molecule has 2 fully saturated rings. The number of hydrogen-bond acceptors (Lipinski definition) is 5. The first-order valence-corrected chi connectivity index (χ1v) is 13.0. The van der Waals surface area contributed by atoms with Gasteiger partial charge in [0.25, 0.3) is 0 Å². The topological polar surface area (TPSA) is 101 Å². The molecule has 1 aromatic carbocycles. The summed E-state index contributed by atoms with van der Waals surface area (Å²) < 4.78 is 5.31. The Kier molecular flexibility index (Phi) is 8.92. The predicted octanol–water partition coefficient (Wildman–Crippen LogP) is 4.38. The number of methoxy groups -OCH3 is 1. The van der Waals surface area contributed by atoms with Gasteiger partial charge in [-0.3, -0.25) is 14.4 Å². The van der Waals surface area contributed by atoms with Crippen LogP contribution in [0.25, 0.3) is 0 Å². The maximum atomic E-state index is 13.7. The third-order valence-electron chi connectivity index (χ3n) is 7.16. The van der Waals surface area contributed by atoms with E-state index in [0.29, 0.717) is 11.6 Å². The number of amides is 3. The van der Waals surface area contributed by atoms with Crippen molar-refractivity contribution in [3.05, 3.63) is 54.2 Å². The SMILES string of the molecule is COc1ccc(C(C(=O)NC2CCCC2)N(C(=O)CCC(=O)Nc2ccccn2)C2CCCC2)cc1. The number of benzene rings is 1. The zero-order chi connectivity index (χ0) is 25.3. The Balaban J connectivity index is 1.55. The van der Waals surface area contributed by atoms with Crippen LogP contribution in [0.2, 0.25) is 0 Å². The highest BCUT2D eigenvalue weighted by Gasteiger charge is 2.38. The van der Waals surface area contributed by atoms with Crippen LogP contribution < -0.4 is 15.4 Å². The first-order chi connectivity index (χ1) is 17.5. The lowest BCUT2D eigenvalue weighted by Crippen LogP contribution is -2.49. The molecule has 36 heavy (non-hydrogen) atoms. The number of carbonyl (C=O) groups is 3. The van der Waals surface area contributed by atoms with Crippen LogP contribution >= 0.6 is 0 Å². The molecule has 192 valence electrons. The fourth-order valence-corrected chi connectivity index (χ4v) is 5.31. The maximum absolute atomic E-state index is 13.7. The Morgan fingerprint density at radius 1 is 0.972 bits per heavy atom. The van der Waals surface area contributed by atoms with E-state index in [1.165, 1.54) is 0 Å². The maximum Gasteiger partial charge on any atom is 0.247 e. The van der Waals surface area contributed by atoms with Crippen LogP contribution in [-0.2, 0) is 14.4 Å². The summed E-state index contributed by atoms with van der Waals surface area (Å²) in [5.74, 6) is 0.545. The molecule has 8 nitrogen and oxygen atoms in total. The normalized spacial score (nSPS) is 16.9. The van der Waals surface area contributed by atoms with E-state index in [0.717, 1.165) is 56.9 Å². The largest absolute Gasteiger partial charge is 0.497 e. The molecule has 0 bridgehead atoms. The number of carbonyl (C=O) groups excluding carboxylic acids is 3. The van der Waals surface area contributed by atoms with Crippen LogP contribution in [0.5, 0.6) is 5.75 Å². The van der Waals surface area contributed by atoms with E-state index >= 15 is 0 Å². The number of ether oxygens (including phenoxy) is 1. The molecule has 2 N–H and O–H groups in total. The second-order valence-electron chi connectivity index (χ2n) is 9.67. The number of hydrogen-bond donors (Lipinski definition) is 2. The molecule has 3 amide bonds. The van der Waals surface area contributed by atoms with Crippen LogP contribution in [-0.4, -0.2) is 46.8 Å². The second kappa shape index (κ2) is 12.5. The van der Waals surface area contributed by atoms with Crippen molar-refractivity contribution >= 4 is 23.5 Å². The summed E-state index contributed by atoms with van der Waals surface area (Å²) in [6, 6.07) is 12.0. The lowest BCUT2D eigenvalue weighted by atomic mass is 9.99. The van der Waals surface area contributed by atoms with E-state index in [1.807, 2.05) is 24.3 Å². The van der Waals surface area contributed by atoms with Crippen molar-refractivity contribution in [1.82, 2.24) is 15.2 Å². The van der Waals surface area contributed by atoms with Crippen LogP contribution in [0.3, 0.4) is 0 Å². The van der Waals surface area contributed by atoms with Crippen molar-refractivity contribution in [2.75, 3.05) is 12.4 Å². The molecule has 8 heteroatoms. The number of nitrogens with zero attached hydrogens (tertiary/aromatic N) is 2. The van der Waals surface area contributed by atoms with Gasteiger partial charge in [0.2, 0.25) is 17.7 Å². The predicted molar refractivity (Wildman–Crippen MR) is 137 cm³/mol. The molecule has 1 unspecified atom stereocenters. The highest BCUT2D eigenvalue weighted by molar-refractivity contribution is 5.94. The molecular formula is C28H36N4O4. The van der Waals surface area contributed by atoms with Gasteiger partial charge in [-0.1, -0.05) is 43.9 Å². The van der Waals surface area contributed by atoms with Crippen LogP contribution in [0, 0.1) is 0 Å². The lowest BCUT2D eigenvalue weighted by molar-refractivity contribution is -0.144. The number of nitrogens with one attached hydrogen (secondary N) is 2. The van der Waals surface area contributed by atoms with Gasteiger partial charge < -0.3 is 20.3 Å². The van der Waals surface area contributed by atoms with Gasteiger partial charge in [-0.05, 0) is 55.5 Å². The van der Waals surface area contributed by atoms with E-state index in [1.54, 1.807) is 36.4 Å². The van der Waals surface area contributed by atoms with Gasteiger partial charge in [-0.25, -0.2) is 4.98 Å². The highest BCUT2D eigenvalue weighted by Crippen LogP contribution is 2.34. The van der Waals surface area contributed by atoms with Crippen LogP contribution in [0.1, 0.15) is 75.8 Å². The monoisotopic (exact) mass is 492 g/mol. The first-order valence-electron chi connectivity index (χ1n) is 13.0. The van der Waals surface area contributed by atoms with Crippen LogP contribution in [0.4, 0.5) is 5.82 Å². The Hall–Kier alpha value is -3.42. The van der Waals surface area contributed by atoms with E-state index in [-0.39, 0.29) is 42.6 Å². The molecule has 4 rings (SSSR count). The van der Waals surface area contributed by atoms with Gasteiger partial charge in [-0.15, -0.1) is 0 Å². The summed E-state index contributed by atoms with van der Waals surface area (Å²) in [5.41, 5.74) is 0.754. The Morgan fingerprint density at radius 2 is 1.67 bits per heavy atom. The van der Waals surface area contributed by atoms with Gasteiger partial charge in [0.1, 0.15) is 17.6 Å². The third-order valence-corrected chi connectivity index (χ3v) is 7.16. The molecule has 1 heterocycles. The molecule has 0 saturated heterocycles. The van der Waals surface area contributed by atoms with Crippen LogP contribution in [0.15, 0.2) is 48.7 Å². The van der Waals surface area contributed by atoms with Gasteiger partial charge in [0.05, 0.1) is 7.11 Å². The fraction of sp³-hybridized carbons (Fsp3) is 0.500. The smallest absolute Gasteiger partial charge is 0.247 e. The van der Waals surface area contributed by atoms with Gasteiger partial charge in [-0.2, -0.15) is 0 Å². The van der Waals surface area contributed by atoms with Gasteiger partial charge in [0, 0.05) is 31.1 Å². The fourth-order valence-electron chi connectivity index (χ4n) is 5.31. The molecule has 0 radical (unpaired) electrons. The summed E-state index contributed by atoms with van der Waals surface area (Å²) in [4.78, 5) is 45.8. The van der Waals surface area contributed by atoms with E-state index in [2.05, 4.69) is 15.6 Å². The Morgan fingerprint density at radius 3 is 2.31 bits per heavy atom. The quantitative estimate of drug-likeness (QED) is 0.513. The van der Waals surface area contributed by atoms with E-state index < -0.39 is 6.04 Å². The minimum absolute atomic E-state index is 0.0260. The number of rotatable bonds is 10. The summed E-state index contributed by atoms with van der Waals surface area (Å²) >= 11 is 0. The van der Waals surface area contributed by atoms with Crippen molar-refractivity contribution < 1.29 is 19.1 Å². The summed E-state index contributed by atoms with van der Waals surface area (Å²) in [5, 5.41) is 5.95. The van der Waals surface area contributed by atoms with Gasteiger partial charge >= 0.3 is 0 Å². The molecular weight excluding hydrogens is 456 g/mol. The van der Waals surface area contributed by atoms with Gasteiger partial charge in [0.15, 0.2) is 0 Å². The second-order valence-corrected chi connectivity index (χ2v) is 9.67. The average molecular weight is 493 g/mol. The Labute approximate surface area is 212 Å². The number of aromatic nitrogens is 1. The first kappa shape index (κ1) is 25.7. The van der Waals surface area contributed by atoms with E-state index in [4.69, 9.17) is 4.74 Å². The molecule has 0 spiro atoms. The highest BCUT2D eigenvalue weighted by atomic mass is 16.5. The average Bonchev–Trinajstić information content (AvgIpc) is 3.61. The van der Waals surface area contributed by atoms with E-state index in [9.17, 15) is 14.4 Å². The van der Waals surface area contributed by atoms with Crippen molar-refractivity contribution in [3.8, 4) is 5.75 Å². The molecule has 2 aliphatic rings. The zero-order valence-corrected chi connectivity index (χ0v) is 20.9. The third kappa shape index (κ3) is 6.62. The Bertz CT molecular complexity index is 1020. The molecule has 2 saturated carbocycles. The molecule has 2 aromatic rings. The molecule has 2 aliphatic carbocycles. The van der Waals surface area contributed by atoms with Crippen molar-refractivity contribution in [3.63, 3.8) is 0 Å². The zero-order valence-electron chi connectivity index (χ0n) is 20.9.